The van der Waals surface area contributed by atoms with Crippen LogP contribution in [0.3, 0.4) is 0 Å². The zero-order chi connectivity index (χ0) is 16.2. The van der Waals surface area contributed by atoms with Crippen molar-refractivity contribution in [2.45, 2.75) is 90.9 Å². The summed E-state index contributed by atoms with van der Waals surface area (Å²) in [5.74, 6) is 0. The minimum atomic E-state index is 1.19. The SMILES string of the molecule is CCCCCCCc1cc(Br)c(CCCCCCC)cc1Br. The quantitative estimate of drug-likeness (QED) is 0.292. The lowest BCUT2D eigenvalue weighted by Crippen LogP contribution is -1.94. The van der Waals surface area contributed by atoms with E-state index >= 15 is 0 Å². The average Bonchev–Trinajstić information content (AvgIpc) is 2.51. The largest absolute Gasteiger partial charge is 0.0654 e. The molecular formula is C20H32Br2. The topological polar surface area (TPSA) is 0 Å². The Bertz CT molecular complexity index is 373. The first-order valence-electron chi connectivity index (χ1n) is 9.15. The van der Waals surface area contributed by atoms with Gasteiger partial charge in [-0.3, -0.25) is 0 Å². The average molecular weight is 432 g/mol. The summed E-state index contributed by atoms with van der Waals surface area (Å²) < 4.78 is 2.60. The Morgan fingerprint density at radius 2 is 0.955 bits per heavy atom. The maximum atomic E-state index is 3.78. The molecule has 0 saturated heterocycles. The van der Waals surface area contributed by atoms with Crippen LogP contribution in [-0.4, -0.2) is 0 Å². The predicted molar refractivity (Wildman–Crippen MR) is 107 cm³/mol. The predicted octanol–water partition coefficient (Wildman–Crippen LogP) is 8.24. The van der Waals surface area contributed by atoms with Crippen molar-refractivity contribution >= 4 is 31.9 Å². The maximum Gasteiger partial charge on any atom is 0.0210 e. The summed E-state index contributed by atoms with van der Waals surface area (Å²) in [7, 11) is 0. The molecule has 2 heteroatoms. The standard InChI is InChI=1S/C20H32Br2/c1-3-5-7-9-11-13-17-15-20(22)18(16-19(17)21)14-12-10-8-6-4-2/h15-16H,3-14H2,1-2H3. The summed E-state index contributed by atoms with van der Waals surface area (Å²) >= 11 is 7.55. The van der Waals surface area contributed by atoms with Crippen molar-refractivity contribution in [2.75, 3.05) is 0 Å². The van der Waals surface area contributed by atoms with Gasteiger partial charge in [0.05, 0.1) is 0 Å². The van der Waals surface area contributed by atoms with Gasteiger partial charge in [-0.05, 0) is 48.9 Å². The fraction of sp³-hybridized carbons (Fsp3) is 0.700. The summed E-state index contributed by atoms with van der Waals surface area (Å²) in [5, 5.41) is 0. The normalized spacial score (nSPS) is 11.1. The van der Waals surface area contributed by atoms with E-state index in [9.17, 15) is 0 Å². The van der Waals surface area contributed by atoms with E-state index in [-0.39, 0.29) is 0 Å². The molecule has 0 radical (unpaired) electrons. The molecule has 0 nitrogen and oxygen atoms in total. The molecule has 0 aliphatic carbocycles. The fourth-order valence-electron chi connectivity index (χ4n) is 2.85. The Balaban J connectivity index is 2.42. The van der Waals surface area contributed by atoms with E-state index in [4.69, 9.17) is 0 Å². The third-order valence-corrected chi connectivity index (χ3v) is 5.79. The van der Waals surface area contributed by atoms with Crippen LogP contribution in [-0.2, 0) is 12.8 Å². The first-order chi connectivity index (χ1) is 10.7. The molecule has 0 aliphatic heterocycles. The van der Waals surface area contributed by atoms with E-state index < -0.39 is 0 Å². The second-order valence-corrected chi connectivity index (χ2v) is 8.07. The Hall–Kier alpha value is 0.180. The fourth-order valence-corrected chi connectivity index (χ4v) is 4.03. The van der Waals surface area contributed by atoms with Crippen molar-refractivity contribution in [2.24, 2.45) is 0 Å². The highest BCUT2D eigenvalue weighted by molar-refractivity contribution is 9.11. The second-order valence-electron chi connectivity index (χ2n) is 6.36. The molecular weight excluding hydrogens is 400 g/mol. The molecule has 126 valence electrons. The van der Waals surface area contributed by atoms with Gasteiger partial charge in [-0.2, -0.15) is 0 Å². The Kier molecular flexibility index (Phi) is 11.6. The number of hydrogen-bond acceptors (Lipinski definition) is 0. The van der Waals surface area contributed by atoms with Crippen molar-refractivity contribution in [1.82, 2.24) is 0 Å². The lowest BCUT2D eigenvalue weighted by Gasteiger charge is -2.11. The summed E-state index contributed by atoms with van der Waals surface area (Å²) in [6.45, 7) is 4.54. The molecule has 0 aliphatic rings. The van der Waals surface area contributed by atoms with Crippen LogP contribution in [0.15, 0.2) is 21.1 Å². The highest BCUT2D eigenvalue weighted by atomic mass is 79.9. The van der Waals surface area contributed by atoms with Gasteiger partial charge in [0.1, 0.15) is 0 Å². The zero-order valence-corrected chi connectivity index (χ0v) is 17.6. The molecule has 1 aromatic carbocycles. The first kappa shape index (κ1) is 20.2. The molecule has 22 heavy (non-hydrogen) atoms. The lowest BCUT2D eigenvalue weighted by molar-refractivity contribution is 0.629. The van der Waals surface area contributed by atoms with Gasteiger partial charge in [0.25, 0.3) is 0 Å². The molecule has 0 unspecified atom stereocenters. The van der Waals surface area contributed by atoms with Crippen molar-refractivity contribution in [3.05, 3.63) is 32.2 Å². The van der Waals surface area contributed by atoms with Gasteiger partial charge in [0, 0.05) is 8.95 Å². The van der Waals surface area contributed by atoms with Crippen LogP contribution in [0.2, 0.25) is 0 Å². The summed E-state index contributed by atoms with van der Waals surface area (Å²) in [6.07, 6.45) is 15.9. The van der Waals surface area contributed by atoms with Gasteiger partial charge in [0.15, 0.2) is 0 Å². The third-order valence-electron chi connectivity index (χ3n) is 4.31. The minimum absolute atomic E-state index is 1.19. The Labute approximate surface area is 154 Å². The molecule has 0 bridgehead atoms. The summed E-state index contributed by atoms with van der Waals surface area (Å²) in [6, 6.07) is 4.68. The highest BCUT2D eigenvalue weighted by Gasteiger charge is 2.07. The van der Waals surface area contributed by atoms with E-state index in [0.717, 1.165) is 0 Å². The zero-order valence-electron chi connectivity index (χ0n) is 14.4. The molecule has 0 spiro atoms. The third kappa shape index (κ3) is 8.15. The monoisotopic (exact) mass is 430 g/mol. The van der Waals surface area contributed by atoms with E-state index in [1.54, 1.807) is 0 Å². The van der Waals surface area contributed by atoms with E-state index in [1.165, 1.54) is 97.1 Å². The van der Waals surface area contributed by atoms with Gasteiger partial charge in [-0.25, -0.2) is 0 Å². The maximum absolute atomic E-state index is 3.78. The second kappa shape index (κ2) is 12.6. The van der Waals surface area contributed by atoms with Gasteiger partial charge >= 0.3 is 0 Å². The van der Waals surface area contributed by atoms with E-state index in [2.05, 4.69) is 57.8 Å². The number of rotatable bonds is 12. The van der Waals surface area contributed by atoms with Crippen molar-refractivity contribution in [3.8, 4) is 0 Å². The van der Waals surface area contributed by atoms with Crippen LogP contribution < -0.4 is 0 Å². The molecule has 0 amide bonds. The number of benzene rings is 1. The van der Waals surface area contributed by atoms with Crippen LogP contribution in [0.4, 0.5) is 0 Å². The minimum Gasteiger partial charge on any atom is -0.0654 e. The summed E-state index contributed by atoms with van der Waals surface area (Å²) in [4.78, 5) is 0. The number of hydrogen-bond donors (Lipinski definition) is 0. The Morgan fingerprint density at radius 3 is 1.32 bits per heavy atom. The van der Waals surface area contributed by atoms with Crippen LogP contribution >= 0.6 is 31.9 Å². The number of aryl methyl sites for hydroxylation is 2. The van der Waals surface area contributed by atoms with Crippen LogP contribution in [0.1, 0.15) is 89.2 Å². The number of halogens is 2. The van der Waals surface area contributed by atoms with Gasteiger partial charge in [0.2, 0.25) is 0 Å². The van der Waals surface area contributed by atoms with E-state index in [0.29, 0.717) is 0 Å². The Morgan fingerprint density at radius 1 is 0.591 bits per heavy atom. The molecule has 0 aromatic heterocycles. The molecule has 0 N–H and O–H groups in total. The molecule has 0 heterocycles. The van der Waals surface area contributed by atoms with Gasteiger partial charge < -0.3 is 0 Å². The van der Waals surface area contributed by atoms with Crippen molar-refractivity contribution < 1.29 is 0 Å². The highest BCUT2D eigenvalue weighted by Crippen LogP contribution is 2.28. The molecule has 0 fully saturated rings. The van der Waals surface area contributed by atoms with Gasteiger partial charge in [-0.1, -0.05) is 97.1 Å². The van der Waals surface area contributed by atoms with Crippen LogP contribution in [0, 0.1) is 0 Å². The molecule has 0 saturated carbocycles. The lowest BCUT2D eigenvalue weighted by atomic mass is 10.0. The molecule has 1 rings (SSSR count). The number of unbranched alkanes of at least 4 members (excludes halogenated alkanes) is 8. The van der Waals surface area contributed by atoms with Crippen molar-refractivity contribution in [1.29, 1.82) is 0 Å². The van der Waals surface area contributed by atoms with Gasteiger partial charge in [-0.15, -0.1) is 0 Å². The summed E-state index contributed by atoms with van der Waals surface area (Å²) in [5.41, 5.74) is 2.91. The molecule has 0 atom stereocenters. The van der Waals surface area contributed by atoms with E-state index in [1.807, 2.05) is 0 Å². The molecule has 1 aromatic rings. The van der Waals surface area contributed by atoms with Crippen LogP contribution in [0.5, 0.6) is 0 Å². The first-order valence-corrected chi connectivity index (χ1v) is 10.7. The smallest absolute Gasteiger partial charge is 0.0210 e. The van der Waals surface area contributed by atoms with Crippen molar-refractivity contribution in [3.63, 3.8) is 0 Å². The van der Waals surface area contributed by atoms with Crippen LogP contribution in [0.25, 0.3) is 0 Å².